The molecule has 0 radical (unpaired) electrons. The summed E-state index contributed by atoms with van der Waals surface area (Å²) < 4.78 is 0. The van der Waals surface area contributed by atoms with Crippen LogP contribution in [-0.4, -0.2) is 37.1 Å². The van der Waals surface area contributed by atoms with E-state index in [1.807, 2.05) is 0 Å². The maximum atomic E-state index is 3.64. The average Bonchev–Trinajstić information content (AvgIpc) is 2.48. The Bertz CT molecular complexity index is 193. The van der Waals surface area contributed by atoms with Crippen LogP contribution < -0.4 is 5.32 Å². The lowest BCUT2D eigenvalue weighted by molar-refractivity contribution is 0.239. The molecule has 2 nitrogen and oxygen atoms in total. The lowest BCUT2D eigenvalue weighted by Gasteiger charge is -2.26. The second-order valence-corrected chi connectivity index (χ2v) is 5.66. The number of nitrogens with one attached hydrogen (secondary N) is 1. The van der Waals surface area contributed by atoms with Crippen LogP contribution in [0, 0.1) is 11.8 Å². The lowest BCUT2D eigenvalue weighted by atomic mass is 10.0. The summed E-state index contributed by atoms with van der Waals surface area (Å²) in [4.78, 5) is 2.68. The van der Waals surface area contributed by atoms with Gasteiger partial charge in [-0.3, -0.25) is 0 Å². The number of rotatable bonds is 2. The van der Waals surface area contributed by atoms with Crippen molar-refractivity contribution in [3.05, 3.63) is 0 Å². The van der Waals surface area contributed by atoms with Gasteiger partial charge >= 0.3 is 0 Å². The SMILES string of the molecule is CC1CCCN(CC2NCCC2C)CC1. The molecule has 3 atom stereocenters. The van der Waals surface area contributed by atoms with Gasteiger partial charge in [0.05, 0.1) is 0 Å². The van der Waals surface area contributed by atoms with Crippen molar-refractivity contribution in [2.75, 3.05) is 26.2 Å². The Morgan fingerprint density at radius 3 is 2.73 bits per heavy atom. The zero-order valence-electron chi connectivity index (χ0n) is 10.3. The predicted octanol–water partition coefficient (Wildman–Crippen LogP) is 2.11. The summed E-state index contributed by atoms with van der Waals surface area (Å²) in [6.07, 6.45) is 5.61. The zero-order valence-corrected chi connectivity index (χ0v) is 10.3. The summed E-state index contributed by atoms with van der Waals surface area (Å²) in [5, 5.41) is 3.64. The van der Waals surface area contributed by atoms with Crippen LogP contribution in [0.4, 0.5) is 0 Å². The first-order valence-electron chi connectivity index (χ1n) is 6.71. The summed E-state index contributed by atoms with van der Waals surface area (Å²) in [6, 6.07) is 0.762. The molecule has 3 unspecified atom stereocenters. The third-order valence-corrected chi connectivity index (χ3v) is 4.26. The van der Waals surface area contributed by atoms with Gasteiger partial charge in [0.15, 0.2) is 0 Å². The third kappa shape index (κ3) is 3.18. The van der Waals surface area contributed by atoms with Gasteiger partial charge < -0.3 is 10.2 Å². The number of hydrogen-bond donors (Lipinski definition) is 1. The van der Waals surface area contributed by atoms with E-state index in [9.17, 15) is 0 Å². The Balaban J connectivity index is 1.78. The molecule has 15 heavy (non-hydrogen) atoms. The predicted molar refractivity (Wildman–Crippen MR) is 65.0 cm³/mol. The van der Waals surface area contributed by atoms with Crippen LogP contribution in [0.5, 0.6) is 0 Å². The molecule has 0 amide bonds. The van der Waals surface area contributed by atoms with Crippen molar-refractivity contribution in [2.24, 2.45) is 11.8 Å². The Morgan fingerprint density at radius 1 is 1.13 bits per heavy atom. The highest BCUT2D eigenvalue weighted by atomic mass is 15.2. The smallest absolute Gasteiger partial charge is 0.0221 e. The van der Waals surface area contributed by atoms with Crippen molar-refractivity contribution in [1.29, 1.82) is 0 Å². The molecule has 2 saturated heterocycles. The van der Waals surface area contributed by atoms with E-state index in [-0.39, 0.29) is 0 Å². The van der Waals surface area contributed by atoms with Crippen molar-refractivity contribution < 1.29 is 0 Å². The summed E-state index contributed by atoms with van der Waals surface area (Å²) in [5.41, 5.74) is 0. The molecule has 2 heterocycles. The van der Waals surface area contributed by atoms with Gasteiger partial charge in [-0.1, -0.05) is 13.8 Å². The van der Waals surface area contributed by atoms with E-state index in [4.69, 9.17) is 0 Å². The Morgan fingerprint density at radius 2 is 2.00 bits per heavy atom. The average molecular weight is 210 g/mol. The highest BCUT2D eigenvalue weighted by Crippen LogP contribution is 2.20. The monoisotopic (exact) mass is 210 g/mol. The molecule has 2 fully saturated rings. The van der Waals surface area contributed by atoms with Crippen LogP contribution in [0.1, 0.15) is 39.5 Å². The van der Waals surface area contributed by atoms with E-state index in [0.29, 0.717) is 0 Å². The van der Waals surface area contributed by atoms with Crippen LogP contribution in [0.15, 0.2) is 0 Å². The lowest BCUT2D eigenvalue weighted by Crippen LogP contribution is -2.40. The van der Waals surface area contributed by atoms with E-state index >= 15 is 0 Å². The number of likely N-dealkylation sites (tertiary alicyclic amines) is 1. The first-order chi connectivity index (χ1) is 7.25. The Hall–Kier alpha value is -0.0800. The van der Waals surface area contributed by atoms with Gasteiger partial charge in [-0.05, 0) is 57.2 Å². The van der Waals surface area contributed by atoms with Crippen molar-refractivity contribution in [2.45, 2.75) is 45.6 Å². The van der Waals surface area contributed by atoms with Gasteiger partial charge in [0.2, 0.25) is 0 Å². The van der Waals surface area contributed by atoms with Crippen LogP contribution in [0.2, 0.25) is 0 Å². The number of nitrogens with zero attached hydrogens (tertiary/aromatic N) is 1. The van der Waals surface area contributed by atoms with E-state index in [2.05, 4.69) is 24.1 Å². The molecule has 0 saturated carbocycles. The van der Waals surface area contributed by atoms with Gasteiger partial charge in [0.25, 0.3) is 0 Å². The molecule has 2 aliphatic rings. The minimum Gasteiger partial charge on any atom is -0.312 e. The molecule has 0 aromatic heterocycles. The fourth-order valence-corrected chi connectivity index (χ4v) is 2.93. The first-order valence-corrected chi connectivity index (χ1v) is 6.71. The maximum absolute atomic E-state index is 3.64. The molecular weight excluding hydrogens is 184 g/mol. The molecule has 88 valence electrons. The second-order valence-electron chi connectivity index (χ2n) is 5.66. The summed E-state index contributed by atoms with van der Waals surface area (Å²) in [6.45, 7) is 9.97. The minimum atomic E-state index is 0.762. The van der Waals surface area contributed by atoms with E-state index in [1.54, 1.807) is 0 Å². The molecule has 1 N–H and O–H groups in total. The van der Waals surface area contributed by atoms with Gasteiger partial charge in [-0.25, -0.2) is 0 Å². The van der Waals surface area contributed by atoms with E-state index in [1.165, 1.54) is 51.9 Å². The molecular formula is C13H26N2. The highest BCUT2D eigenvalue weighted by molar-refractivity contribution is 4.84. The van der Waals surface area contributed by atoms with Crippen molar-refractivity contribution >= 4 is 0 Å². The van der Waals surface area contributed by atoms with Crippen LogP contribution in [0.3, 0.4) is 0 Å². The van der Waals surface area contributed by atoms with Crippen LogP contribution >= 0.6 is 0 Å². The van der Waals surface area contributed by atoms with Crippen molar-refractivity contribution in [3.63, 3.8) is 0 Å². The van der Waals surface area contributed by atoms with Crippen molar-refractivity contribution in [1.82, 2.24) is 10.2 Å². The van der Waals surface area contributed by atoms with Crippen molar-refractivity contribution in [3.8, 4) is 0 Å². The summed E-state index contributed by atoms with van der Waals surface area (Å²) in [7, 11) is 0. The van der Waals surface area contributed by atoms with E-state index in [0.717, 1.165) is 17.9 Å². The Labute approximate surface area is 94.4 Å². The zero-order chi connectivity index (χ0) is 10.7. The fourth-order valence-electron chi connectivity index (χ4n) is 2.93. The molecule has 2 heteroatoms. The molecule has 0 aromatic rings. The molecule has 2 aliphatic heterocycles. The second kappa shape index (κ2) is 5.31. The molecule has 0 spiro atoms. The van der Waals surface area contributed by atoms with E-state index < -0.39 is 0 Å². The van der Waals surface area contributed by atoms with Crippen LogP contribution in [-0.2, 0) is 0 Å². The molecule has 0 aliphatic carbocycles. The largest absolute Gasteiger partial charge is 0.312 e. The minimum absolute atomic E-state index is 0.762. The molecule has 2 rings (SSSR count). The topological polar surface area (TPSA) is 15.3 Å². The maximum Gasteiger partial charge on any atom is 0.0221 e. The van der Waals surface area contributed by atoms with Gasteiger partial charge in [-0.2, -0.15) is 0 Å². The molecule has 0 aromatic carbocycles. The summed E-state index contributed by atoms with van der Waals surface area (Å²) in [5.74, 6) is 1.83. The quantitative estimate of drug-likeness (QED) is 0.751. The Kier molecular flexibility index (Phi) is 4.04. The fraction of sp³-hybridized carbons (Fsp3) is 1.00. The van der Waals surface area contributed by atoms with Gasteiger partial charge in [-0.15, -0.1) is 0 Å². The standard InChI is InChI=1S/C13H26N2/c1-11-4-3-8-15(9-6-11)10-13-12(2)5-7-14-13/h11-14H,3-10H2,1-2H3. The number of hydrogen-bond acceptors (Lipinski definition) is 2. The first kappa shape index (κ1) is 11.4. The third-order valence-electron chi connectivity index (χ3n) is 4.26. The molecule has 0 bridgehead atoms. The van der Waals surface area contributed by atoms with Gasteiger partial charge in [0.1, 0.15) is 0 Å². The normalized spacial score (nSPS) is 39.2. The highest BCUT2D eigenvalue weighted by Gasteiger charge is 2.25. The summed E-state index contributed by atoms with van der Waals surface area (Å²) >= 11 is 0. The van der Waals surface area contributed by atoms with Gasteiger partial charge in [0, 0.05) is 12.6 Å². The van der Waals surface area contributed by atoms with Crippen LogP contribution in [0.25, 0.3) is 0 Å².